The Hall–Kier alpha value is -0.710. The highest BCUT2D eigenvalue weighted by Gasteiger charge is 2.22. The van der Waals surface area contributed by atoms with Gasteiger partial charge < -0.3 is 9.84 Å². The van der Waals surface area contributed by atoms with E-state index in [-0.39, 0.29) is 22.2 Å². The fourth-order valence-electron chi connectivity index (χ4n) is 2.06. The number of halogens is 1. The van der Waals surface area contributed by atoms with Crippen LogP contribution in [-0.2, 0) is 0 Å². The number of carbonyl (C=O) groups excluding carboxylic acids is 1. The number of aldehydes is 1. The third kappa shape index (κ3) is 7.59. The summed E-state index contributed by atoms with van der Waals surface area (Å²) < 4.78 is 6.30. The van der Waals surface area contributed by atoms with E-state index in [0.29, 0.717) is 21.1 Å². The molecule has 0 heterocycles. The number of carbonyl (C=O) groups is 1. The highest BCUT2D eigenvalue weighted by atomic mass is 35.5. The number of ether oxygens (including phenoxy) is 1. The van der Waals surface area contributed by atoms with E-state index in [9.17, 15) is 9.90 Å². The molecule has 0 spiro atoms. The Kier molecular flexibility index (Phi) is 8.30. The summed E-state index contributed by atoms with van der Waals surface area (Å²) in [4.78, 5) is 10.9. The van der Waals surface area contributed by atoms with Gasteiger partial charge >= 0.3 is 0 Å². The third-order valence-electron chi connectivity index (χ3n) is 4.87. The maximum absolute atomic E-state index is 10.9. The Morgan fingerprint density at radius 1 is 1.16 bits per heavy atom. The van der Waals surface area contributed by atoms with E-state index in [0.717, 1.165) is 32.0 Å². The molecule has 0 unspecified atom stereocenters. The fourth-order valence-corrected chi connectivity index (χ4v) is 2.24. The van der Waals surface area contributed by atoms with Crippen molar-refractivity contribution in [3.8, 4) is 5.75 Å². The van der Waals surface area contributed by atoms with Gasteiger partial charge in [0, 0.05) is 5.02 Å². The molecular weight excluding hydrogens is 356 g/mol. The molecule has 25 heavy (non-hydrogen) atoms. The van der Waals surface area contributed by atoms with Crippen LogP contribution in [0.25, 0.3) is 0 Å². The molecule has 1 aromatic carbocycles. The lowest BCUT2D eigenvalue weighted by Crippen LogP contribution is -2.26. The molecule has 2 rings (SSSR count). The van der Waals surface area contributed by atoms with Gasteiger partial charge in [-0.05, 0) is 67.4 Å². The van der Waals surface area contributed by atoms with Gasteiger partial charge in [0.2, 0.25) is 0 Å². The fraction of sp³-hybridized carbons (Fsp3) is 0.650. The second-order valence-corrected chi connectivity index (χ2v) is 13.6. The SMILES string of the molecule is CC(C)(C)S(C)(C)C.O=Cc1cc(Cl)ccc1OC1CCC(O)CC1. The van der Waals surface area contributed by atoms with Crippen LogP contribution in [0.4, 0.5) is 0 Å². The van der Waals surface area contributed by atoms with Crippen LogP contribution in [0.1, 0.15) is 56.8 Å². The molecule has 0 amide bonds. The highest BCUT2D eigenvalue weighted by molar-refractivity contribution is 8.33. The van der Waals surface area contributed by atoms with Crippen LogP contribution in [0, 0.1) is 0 Å². The Morgan fingerprint density at radius 2 is 1.68 bits per heavy atom. The van der Waals surface area contributed by atoms with Crippen LogP contribution in [0.15, 0.2) is 18.2 Å². The lowest BCUT2D eigenvalue weighted by atomic mass is 9.95. The maximum Gasteiger partial charge on any atom is 0.153 e. The number of aliphatic hydroxyl groups excluding tert-OH is 1. The molecule has 1 N–H and O–H groups in total. The molecular formula is C20H33ClO3S. The summed E-state index contributed by atoms with van der Waals surface area (Å²) in [5, 5.41) is 9.93. The Labute approximate surface area is 159 Å². The van der Waals surface area contributed by atoms with Gasteiger partial charge in [0.15, 0.2) is 6.29 Å². The van der Waals surface area contributed by atoms with Crippen molar-refractivity contribution in [1.29, 1.82) is 0 Å². The quantitative estimate of drug-likeness (QED) is 0.713. The van der Waals surface area contributed by atoms with Crippen LogP contribution in [-0.4, -0.2) is 47.1 Å². The topological polar surface area (TPSA) is 46.5 Å². The first-order valence-corrected chi connectivity index (χ1v) is 11.9. The summed E-state index contributed by atoms with van der Waals surface area (Å²) in [5.41, 5.74) is 0.476. The summed E-state index contributed by atoms with van der Waals surface area (Å²) in [6, 6.07) is 5.03. The van der Waals surface area contributed by atoms with Crippen LogP contribution < -0.4 is 4.74 Å². The van der Waals surface area contributed by atoms with Gasteiger partial charge in [-0.15, -0.1) is 0 Å². The lowest BCUT2D eigenvalue weighted by Gasteiger charge is -2.40. The molecule has 5 heteroatoms. The van der Waals surface area contributed by atoms with Crippen molar-refractivity contribution in [3.05, 3.63) is 28.8 Å². The second kappa shape index (κ2) is 9.29. The zero-order chi connectivity index (χ0) is 19.3. The van der Waals surface area contributed by atoms with E-state index in [2.05, 4.69) is 39.5 Å². The molecule has 0 aromatic heterocycles. The predicted octanol–water partition coefficient (Wildman–Crippen LogP) is 5.31. The number of rotatable bonds is 3. The van der Waals surface area contributed by atoms with E-state index in [1.165, 1.54) is 0 Å². The molecule has 0 bridgehead atoms. The monoisotopic (exact) mass is 388 g/mol. The van der Waals surface area contributed by atoms with Gasteiger partial charge in [-0.3, -0.25) is 4.79 Å². The summed E-state index contributed by atoms with van der Waals surface area (Å²) in [7, 11) is -0.340. The lowest BCUT2D eigenvalue weighted by molar-refractivity contribution is 0.0660. The van der Waals surface area contributed by atoms with Crippen molar-refractivity contribution >= 4 is 27.9 Å². The predicted molar refractivity (Wildman–Crippen MR) is 111 cm³/mol. The largest absolute Gasteiger partial charge is 0.490 e. The molecule has 1 fully saturated rings. The standard InChI is InChI=1S/C13H15ClO3.C7H18S/c14-10-1-6-13(9(7-10)8-15)17-12-4-2-11(16)3-5-12;1-7(2,3)8(4,5)6/h1,6-8,11-12,16H,2-5H2;1-6H3. The van der Waals surface area contributed by atoms with Crippen LogP contribution in [0.2, 0.25) is 5.02 Å². The minimum Gasteiger partial charge on any atom is -0.490 e. The number of hydrogen-bond donors (Lipinski definition) is 1. The maximum atomic E-state index is 10.9. The van der Waals surface area contributed by atoms with E-state index in [1.807, 2.05) is 0 Å². The molecule has 1 aromatic rings. The Bertz CT molecular complexity index is 541. The normalized spacial score (nSPS) is 21.8. The molecule has 144 valence electrons. The van der Waals surface area contributed by atoms with Crippen molar-refractivity contribution in [2.24, 2.45) is 0 Å². The first-order chi connectivity index (χ1) is 11.4. The van der Waals surface area contributed by atoms with E-state index < -0.39 is 0 Å². The average molecular weight is 389 g/mol. The van der Waals surface area contributed by atoms with Gasteiger partial charge in [0.05, 0.1) is 17.8 Å². The van der Waals surface area contributed by atoms with Crippen molar-refractivity contribution in [3.63, 3.8) is 0 Å². The smallest absolute Gasteiger partial charge is 0.153 e. The van der Waals surface area contributed by atoms with Crippen molar-refractivity contribution in [1.82, 2.24) is 0 Å². The molecule has 0 atom stereocenters. The van der Waals surface area contributed by atoms with E-state index >= 15 is 0 Å². The van der Waals surface area contributed by atoms with E-state index in [1.54, 1.807) is 18.2 Å². The Balaban J connectivity index is 0.000000333. The first kappa shape index (κ1) is 22.3. The minimum atomic E-state index is -0.340. The zero-order valence-corrected chi connectivity index (χ0v) is 17.9. The van der Waals surface area contributed by atoms with Crippen molar-refractivity contribution in [2.45, 2.75) is 63.4 Å². The van der Waals surface area contributed by atoms with E-state index in [4.69, 9.17) is 16.3 Å². The molecule has 1 saturated carbocycles. The van der Waals surface area contributed by atoms with Crippen LogP contribution in [0.3, 0.4) is 0 Å². The number of hydrogen-bond acceptors (Lipinski definition) is 3. The summed E-state index contributed by atoms with van der Waals surface area (Å²) in [6.45, 7) is 6.92. The van der Waals surface area contributed by atoms with Gasteiger partial charge in [-0.25, -0.2) is 10.0 Å². The summed E-state index contributed by atoms with van der Waals surface area (Å²) in [6.07, 6.45) is 10.9. The zero-order valence-electron chi connectivity index (χ0n) is 16.3. The van der Waals surface area contributed by atoms with Crippen LogP contribution in [0.5, 0.6) is 5.75 Å². The van der Waals surface area contributed by atoms with Crippen molar-refractivity contribution < 1.29 is 14.6 Å². The first-order valence-electron chi connectivity index (χ1n) is 8.71. The van der Waals surface area contributed by atoms with Gasteiger partial charge in [-0.1, -0.05) is 32.4 Å². The summed E-state index contributed by atoms with van der Waals surface area (Å²) in [5.74, 6) is 0.575. The molecule has 0 saturated heterocycles. The van der Waals surface area contributed by atoms with Gasteiger partial charge in [0.1, 0.15) is 5.75 Å². The minimum absolute atomic E-state index is 0.0817. The second-order valence-electron chi connectivity index (χ2n) is 8.30. The summed E-state index contributed by atoms with van der Waals surface area (Å²) >= 11 is 5.81. The third-order valence-corrected chi connectivity index (χ3v) is 8.78. The van der Waals surface area contributed by atoms with Crippen LogP contribution >= 0.6 is 21.6 Å². The molecule has 3 nitrogen and oxygen atoms in total. The number of benzene rings is 1. The van der Waals surface area contributed by atoms with Gasteiger partial charge in [0.25, 0.3) is 0 Å². The van der Waals surface area contributed by atoms with Crippen molar-refractivity contribution in [2.75, 3.05) is 18.8 Å². The average Bonchev–Trinajstić information content (AvgIpc) is 2.50. The van der Waals surface area contributed by atoms with Gasteiger partial charge in [-0.2, -0.15) is 0 Å². The molecule has 0 aliphatic heterocycles. The Morgan fingerprint density at radius 3 is 2.12 bits per heavy atom. The molecule has 1 aliphatic rings. The highest BCUT2D eigenvalue weighted by Crippen LogP contribution is 2.48. The molecule has 1 aliphatic carbocycles. The number of aliphatic hydroxyl groups is 1. The molecule has 0 radical (unpaired) electrons.